The van der Waals surface area contributed by atoms with Crippen molar-refractivity contribution < 1.29 is 19.1 Å². The second-order valence-electron chi connectivity index (χ2n) is 4.68. The molecule has 0 aromatic heterocycles. The zero-order valence-electron chi connectivity index (χ0n) is 11.6. The van der Waals surface area contributed by atoms with E-state index in [1.165, 1.54) is 0 Å². The number of carbonyl (C=O) groups excluding carboxylic acids is 2. The monoisotopic (exact) mass is 264 g/mol. The molecule has 0 radical (unpaired) electrons. The molecule has 0 N–H and O–H groups in total. The van der Waals surface area contributed by atoms with Gasteiger partial charge in [0.2, 0.25) is 0 Å². The van der Waals surface area contributed by atoms with Crippen LogP contribution in [0.5, 0.6) is 5.75 Å². The van der Waals surface area contributed by atoms with Gasteiger partial charge in [-0.15, -0.1) is 0 Å². The summed E-state index contributed by atoms with van der Waals surface area (Å²) in [7, 11) is 0. The molecule has 4 heteroatoms. The van der Waals surface area contributed by atoms with Gasteiger partial charge in [0.15, 0.2) is 5.60 Å². The van der Waals surface area contributed by atoms with E-state index in [9.17, 15) is 9.59 Å². The summed E-state index contributed by atoms with van der Waals surface area (Å²) in [4.78, 5) is 22.0. The van der Waals surface area contributed by atoms with Crippen LogP contribution in [0.25, 0.3) is 0 Å². The number of aryl methyl sites for hydroxylation is 1. The van der Waals surface area contributed by atoms with Crippen molar-refractivity contribution in [1.29, 1.82) is 0 Å². The van der Waals surface area contributed by atoms with Gasteiger partial charge in [-0.25, -0.2) is 4.79 Å². The molecular weight excluding hydrogens is 244 g/mol. The van der Waals surface area contributed by atoms with Crippen molar-refractivity contribution in [3.05, 3.63) is 29.8 Å². The number of benzene rings is 1. The lowest BCUT2D eigenvalue weighted by Gasteiger charge is -2.24. The van der Waals surface area contributed by atoms with Gasteiger partial charge in [0.05, 0.1) is 6.61 Å². The number of rotatable bonds is 7. The highest BCUT2D eigenvalue weighted by molar-refractivity contribution is 5.79. The first-order chi connectivity index (χ1) is 8.99. The first kappa shape index (κ1) is 15.2. The highest BCUT2D eigenvalue weighted by Crippen LogP contribution is 2.20. The van der Waals surface area contributed by atoms with E-state index in [0.29, 0.717) is 25.2 Å². The summed E-state index contributed by atoms with van der Waals surface area (Å²) in [5.41, 5.74) is 0.0498. The van der Waals surface area contributed by atoms with Crippen molar-refractivity contribution in [3.8, 4) is 5.75 Å². The minimum atomic E-state index is -1.01. The Bertz CT molecular complexity index is 420. The molecule has 0 spiro atoms. The van der Waals surface area contributed by atoms with Gasteiger partial charge in [-0.2, -0.15) is 0 Å². The van der Waals surface area contributed by atoms with Crippen LogP contribution in [-0.2, 0) is 20.7 Å². The smallest absolute Gasteiger partial charge is 0.349 e. The van der Waals surface area contributed by atoms with E-state index in [1.807, 2.05) is 12.1 Å². The summed E-state index contributed by atoms with van der Waals surface area (Å²) in [6.07, 6.45) is 2.12. The maximum absolute atomic E-state index is 11.7. The van der Waals surface area contributed by atoms with E-state index in [-0.39, 0.29) is 5.97 Å². The zero-order chi connectivity index (χ0) is 14.3. The number of ether oxygens (including phenoxy) is 2. The van der Waals surface area contributed by atoms with Crippen LogP contribution in [0.1, 0.15) is 32.8 Å². The number of carbonyl (C=O) groups is 2. The Morgan fingerprint density at radius 2 is 1.89 bits per heavy atom. The highest BCUT2D eigenvalue weighted by Gasteiger charge is 2.31. The van der Waals surface area contributed by atoms with E-state index < -0.39 is 5.60 Å². The molecule has 0 amide bonds. The largest absolute Gasteiger partial charge is 0.476 e. The summed E-state index contributed by atoms with van der Waals surface area (Å²) in [5, 5.41) is 0. The summed E-state index contributed by atoms with van der Waals surface area (Å²) in [6.45, 7) is 5.43. The van der Waals surface area contributed by atoms with Gasteiger partial charge in [-0.05, 0) is 44.9 Å². The number of esters is 1. The van der Waals surface area contributed by atoms with Crippen molar-refractivity contribution >= 4 is 12.3 Å². The number of hydrogen-bond donors (Lipinski definition) is 0. The number of hydrogen-bond acceptors (Lipinski definition) is 4. The Morgan fingerprint density at radius 3 is 2.42 bits per heavy atom. The normalized spacial score (nSPS) is 10.9. The fourth-order valence-corrected chi connectivity index (χ4v) is 1.59. The van der Waals surface area contributed by atoms with Crippen LogP contribution in [0.2, 0.25) is 0 Å². The average molecular weight is 264 g/mol. The lowest BCUT2D eigenvalue weighted by Crippen LogP contribution is -2.39. The maximum Gasteiger partial charge on any atom is 0.349 e. The molecule has 0 aliphatic carbocycles. The van der Waals surface area contributed by atoms with E-state index in [1.54, 1.807) is 32.9 Å². The molecule has 0 heterocycles. The standard InChI is InChI=1S/C15H20O4/c1-4-18-14(17)15(2,3)19-13-9-7-12(8-10-13)6-5-11-16/h7-11H,4-6H2,1-3H3. The molecule has 104 valence electrons. The van der Waals surface area contributed by atoms with Crippen LogP contribution in [0.4, 0.5) is 0 Å². The molecule has 0 bridgehead atoms. The van der Waals surface area contributed by atoms with Crippen LogP contribution in [0, 0.1) is 0 Å². The SMILES string of the molecule is CCOC(=O)C(C)(C)Oc1ccc(CCC=O)cc1. The lowest BCUT2D eigenvalue weighted by molar-refractivity contribution is -0.158. The topological polar surface area (TPSA) is 52.6 Å². The Balaban J connectivity index is 2.66. The van der Waals surface area contributed by atoms with Gasteiger partial charge in [0.1, 0.15) is 12.0 Å². The average Bonchev–Trinajstić information content (AvgIpc) is 2.38. The van der Waals surface area contributed by atoms with Gasteiger partial charge in [0, 0.05) is 6.42 Å². The third kappa shape index (κ3) is 4.73. The van der Waals surface area contributed by atoms with E-state index in [0.717, 1.165) is 11.8 Å². The van der Waals surface area contributed by atoms with Crippen LogP contribution >= 0.6 is 0 Å². The molecule has 19 heavy (non-hydrogen) atoms. The minimum absolute atomic E-state index is 0.330. The second kappa shape index (κ2) is 6.92. The number of aldehydes is 1. The van der Waals surface area contributed by atoms with Gasteiger partial charge in [0.25, 0.3) is 0 Å². The lowest BCUT2D eigenvalue weighted by atomic mass is 10.1. The first-order valence-corrected chi connectivity index (χ1v) is 6.38. The van der Waals surface area contributed by atoms with E-state index in [4.69, 9.17) is 9.47 Å². The first-order valence-electron chi connectivity index (χ1n) is 6.38. The van der Waals surface area contributed by atoms with Gasteiger partial charge >= 0.3 is 5.97 Å². The van der Waals surface area contributed by atoms with Gasteiger partial charge in [-0.1, -0.05) is 12.1 Å². The van der Waals surface area contributed by atoms with E-state index >= 15 is 0 Å². The summed E-state index contributed by atoms with van der Waals surface area (Å²) in [5.74, 6) is 0.216. The van der Waals surface area contributed by atoms with E-state index in [2.05, 4.69) is 0 Å². The molecule has 0 unspecified atom stereocenters. The van der Waals surface area contributed by atoms with Crippen LogP contribution in [0.15, 0.2) is 24.3 Å². The fourth-order valence-electron chi connectivity index (χ4n) is 1.59. The Labute approximate surface area is 113 Å². The molecule has 1 aromatic carbocycles. The van der Waals surface area contributed by atoms with Gasteiger partial charge < -0.3 is 14.3 Å². The third-order valence-corrected chi connectivity index (χ3v) is 2.61. The highest BCUT2D eigenvalue weighted by atomic mass is 16.6. The van der Waals surface area contributed by atoms with Crippen LogP contribution in [0.3, 0.4) is 0 Å². The van der Waals surface area contributed by atoms with Crippen molar-refractivity contribution in [1.82, 2.24) is 0 Å². The predicted molar refractivity (Wildman–Crippen MR) is 72.2 cm³/mol. The molecule has 0 saturated carbocycles. The van der Waals surface area contributed by atoms with Crippen LogP contribution < -0.4 is 4.74 Å². The predicted octanol–water partition coefficient (Wildman–Crippen LogP) is 2.54. The van der Waals surface area contributed by atoms with Crippen molar-refractivity contribution in [2.24, 2.45) is 0 Å². The summed E-state index contributed by atoms with van der Waals surface area (Å²) >= 11 is 0. The summed E-state index contributed by atoms with van der Waals surface area (Å²) < 4.78 is 10.6. The zero-order valence-corrected chi connectivity index (χ0v) is 11.6. The van der Waals surface area contributed by atoms with Crippen molar-refractivity contribution in [2.75, 3.05) is 6.61 Å². The quantitative estimate of drug-likeness (QED) is 0.561. The minimum Gasteiger partial charge on any atom is -0.476 e. The maximum atomic E-state index is 11.7. The van der Waals surface area contributed by atoms with Crippen LogP contribution in [-0.4, -0.2) is 24.5 Å². The molecule has 0 saturated heterocycles. The second-order valence-corrected chi connectivity index (χ2v) is 4.68. The van der Waals surface area contributed by atoms with Gasteiger partial charge in [-0.3, -0.25) is 0 Å². The molecule has 0 aliphatic rings. The summed E-state index contributed by atoms with van der Waals surface area (Å²) in [6, 6.07) is 7.36. The molecule has 4 nitrogen and oxygen atoms in total. The molecule has 0 atom stereocenters. The van der Waals surface area contributed by atoms with Crippen molar-refractivity contribution in [2.45, 2.75) is 39.2 Å². The molecule has 1 aromatic rings. The third-order valence-electron chi connectivity index (χ3n) is 2.61. The molecule has 1 rings (SSSR count). The molecule has 0 aliphatic heterocycles. The molecule has 0 fully saturated rings. The Morgan fingerprint density at radius 1 is 1.26 bits per heavy atom. The Hall–Kier alpha value is -1.84. The Kier molecular flexibility index (Phi) is 5.55. The molecular formula is C15H20O4. The van der Waals surface area contributed by atoms with Crippen molar-refractivity contribution in [3.63, 3.8) is 0 Å². The fraction of sp³-hybridized carbons (Fsp3) is 0.467.